The maximum absolute atomic E-state index is 7.48. The summed E-state index contributed by atoms with van der Waals surface area (Å²) < 4.78 is 0. The minimum absolute atomic E-state index is 0. The van der Waals surface area contributed by atoms with E-state index in [0.29, 0.717) is 5.92 Å². The monoisotopic (exact) mass is 660 g/mol. The van der Waals surface area contributed by atoms with E-state index in [2.05, 4.69) is 39.3 Å². The molecule has 5 N–H and O–H groups in total. The number of nitrogens with one attached hydrogen (secondary N) is 1. The Balaban J connectivity index is -0.000000141. The van der Waals surface area contributed by atoms with Crippen LogP contribution < -0.4 is 0 Å². The summed E-state index contributed by atoms with van der Waals surface area (Å²) in [7, 11) is 0. The molecule has 1 aliphatic rings. The molecule has 0 radical (unpaired) electrons. The molecule has 6 heteroatoms. The number of pyridine rings is 1. The van der Waals surface area contributed by atoms with Crippen molar-refractivity contribution in [3.8, 4) is 0 Å². The molecule has 3 rings (SSSR count). The van der Waals surface area contributed by atoms with Gasteiger partial charge in [0.1, 0.15) is 0 Å². The fourth-order valence-corrected chi connectivity index (χ4v) is 3.60. The van der Waals surface area contributed by atoms with Crippen molar-refractivity contribution < 1.29 is 32.0 Å². The van der Waals surface area contributed by atoms with Crippen LogP contribution in [0.4, 0.5) is 0 Å². The van der Waals surface area contributed by atoms with Gasteiger partial charge >= 0.3 is 0 Å². The summed E-state index contributed by atoms with van der Waals surface area (Å²) in [6.07, 6.45) is 13.8. The number of fused-ring (bicyclic) bond motifs is 1. The summed E-state index contributed by atoms with van der Waals surface area (Å²) in [5, 5.41) is 1.79. The first-order chi connectivity index (χ1) is 13.4. The van der Waals surface area contributed by atoms with Crippen LogP contribution in [0.3, 0.4) is 0 Å². The molecule has 1 fully saturated rings. The molecule has 1 aromatic heterocycles. The second kappa shape index (κ2) is 22.7. The molecule has 0 saturated heterocycles. The Morgan fingerprint density at radius 2 is 1.67 bits per heavy atom. The maximum atomic E-state index is 7.48. The van der Waals surface area contributed by atoms with E-state index in [1.807, 2.05) is 31.2 Å². The summed E-state index contributed by atoms with van der Waals surface area (Å²) in [4.78, 5) is 4.41. The van der Waals surface area contributed by atoms with Gasteiger partial charge in [0.25, 0.3) is 0 Å². The molecule has 1 heterocycles. The zero-order valence-electron chi connectivity index (χ0n) is 21.5. The van der Waals surface area contributed by atoms with E-state index >= 15 is 0 Å². The van der Waals surface area contributed by atoms with Gasteiger partial charge in [-0.25, -0.2) is 0 Å². The van der Waals surface area contributed by atoms with Crippen LogP contribution in [0.15, 0.2) is 37.1 Å². The quantitative estimate of drug-likeness (QED) is 0.237. The molecule has 1 aromatic carbocycles. The summed E-state index contributed by atoms with van der Waals surface area (Å²) >= 11 is 6.38. The van der Waals surface area contributed by atoms with Gasteiger partial charge in [-0.15, -0.1) is 6.04 Å². The smallest absolute Gasteiger partial charge is 0.0752 e. The van der Waals surface area contributed by atoms with Crippen molar-refractivity contribution in [3.05, 3.63) is 79.4 Å². The van der Waals surface area contributed by atoms with Gasteiger partial charge in [-0.1, -0.05) is 95.2 Å². The molecule has 0 aliphatic heterocycles. The van der Waals surface area contributed by atoms with Gasteiger partial charge in [-0.3, -0.25) is 4.98 Å². The molecule has 1 saturated carbocycles. The maximum Gasteiger partial charge on any atom is 0.0752 e. The summed E-state index contributed by atoms with van der Waals surface area (Å²) in [6, 6.07) is 4.17. The standard InChI is InChI=1S/C15H14ClN.C7H14N.C3H8.2CH3.2H2O.Pt/c1-4-5-7-12-10(2)14(16)13-8-6-9-17-15(13)11(12)3;1-6-4-2-3-5-7(6)8;1-3-2;;;;;/h4-9H,1H2,2-3H3;6-8H,2-5H2,1H3;3H2,1-2H3;2*1H3;2*1H2;/q;-1;;2*-1;;;/b7-5-;;;;;;;/t;6-,7-;;;;;;/m.0....../s1. The molecule has 2 aromatic rings. The third-order valence-electron chi connectivity index (χ3n) is 5.05. The van der Waals surface area contributed by atoms with Gasteiger partial charge in [0.05, 0.1) is 10.5 Å². The van der Waals surface area contributed by atoms with E-state index in [1.165, 1.54) is 25.7 Å². The van der Waals surface area contributed by atoms with Gasteiger partial charge in [-0.2, -0.15) is 0 Å². The minimum Gasteiger partial charge on any atom is -0.674 e. The van der Waals surface area contributed by atoms with Crippen LogP contribution in [0.2, 0.25) is 5.02 Å². The van der Waals surface area contributed by atoms with Crippen LogP contribution in [-0.2, 0) is 21.1 Å². The summed E-state index contributed by atoms with van der Waals surface area (Å²) in [6.45, 7) is 14.2. The number of nitrogens with zero attached hydrogens (tertiary/aromatic N) is 1. The Morgan fingerprint density at radius 1 is 1.12 bits per heavy atom. The fraction of sp³-hybridized carbons (Fsp3) is 0.444. The van der Waals surface area contributed by atoms with E-state index in [-0.39, 0.29) is 52.9 Å². The van der Waals surface area contributed by atoms with Crippen molar-refractivity contribution in [2.75, 3.05) is 0 Å². The van der Waals surface area contributed by atoms with Crippen molar-refractivity contribution in [3.63, 3.8) is 0 Å². The summed E-state index contributed by atoms with van der Waals surface area (Å²) in [5.74, 6) is 0.670. The number of rotatable bonds is 2. The SMILES string of the molecule is C=C/C=C\c1c(C)c(Cl)c2cccnc2c1C.CCC.C[C@H]1CCCC[C@@H]1[NH-].O.O.[CH3-].[CH3-].[Pt]. The zero-order valence-corrected chi connectivity index (χ0v) is 24.5. The molecule has 33 heavy (non-hydrogen) atoms. The first-order valence-corrected chi connectivity index (χ1v) is 10.8. The Kier molecular flexibility index (Phi) is 29.1. The number of hydrogen-bond acceptors (Lipinski definition) is 1. The molecule has 2 atom stereocenters. The van der Waals surface area contributed by atoms with E-state index in [9.17, 15) is 0 Å². The fourth-order valence-electron chi connectivity index (χ4n) is 3.34. The molecule has 0 bridgehead atoms. The Labute approximate surface area is 223 Å². The van der Waals surface area contributed by atoms with Gasteiger partial charge in [0, 0.05) is 32.6 Å². The Hall–Kier alpha value is -1.03. The van der Waals surface area contributed by atoms with E-state index in [4.69, 9.17) is 17.3 Å². The average Bonchev–Trinajstić information content (AvgIpc) is 2.70. The number of aromatic nitrogens is 1. The number of allylic oxidation sites excluding steroid dienone is 2. The van der Waals surface area contributed by atoms with Crippen molar-refractivity contribution >= 4 is 28.6 Å². The largest absolute Gasteiger partial charge is 0.674 e. The first kappa shape index (κ1) is 42.2. The van der Waals surface area contributed by atoms with Gasteiger partial charge in [-0.05, 0) is 42.7 Å². The average molecular weight is 661 g/mol. The number of halogens is 1. The normalized spacial score (nSPS) is 16.0. The molecular formula is C27H46ClN2O2Pt-3. The number of hydrogen-bond donors (Lipinski definition) is 0. The summed E-state index contributed by atoms with van der Waals surface area (Å²) in [5.41, 5.74) is 11.8. The van der Waals surface area contributed by atoms with E-state index in [1.54, 1.807) is 12.3 Å². The number of benzene rings is 1. The predicted octanol–water partition coefficient (Wildman–Crippen LogP) is 7.99. The van der Waals surface area contributed by atoms with Crippen molar-refractivity contribution in [2.24, 2.45) is 5.92 Å². The van der Waals surface area contributed by atoms with Crippen LogP contribution in [0.25, 0.3) is 22.7 Å². The van der Waals surface area contributed by atoms with Crippen LogP contribution >= 0.6 is 11.6 Å². The second-order valence-electron chi connectivity index (χ2n) is 7.55. The molecule has 0 unspecified atom stereocenters. The molecule has 4 nitrogen and oxygen atoms in total. The van der Waals surface area contributed by atoms with E-state index < -0.39 is 0 Å². The van der Waals surface area contributed by atoms with E-state index in [0.717, 1.165) is 39.0 Å². The van der Waals surface area contributed by atoms with Crippen LogP contribution in [0.5, 0.6) is 0 Å². The Bertz CT molecular complexity index is 787. The van der Waals surface area contributed by atoms with Gasteiger partial charge < -0.3 is 31.5 Å². The van der Waals surface area contributed by atoms with Crippen molar-refractivity contribution in [1.82, 2.24) is 4.98 Å². The molecule has 196 valence electrons. The molecular weight excluding hydrogens is 615 g/mol. The van der Waals surface area contributed by atoms with Crippen molar-refractivity contribution in [1.29, 1.82) is 0 Å². The third kappa shape index (κ3) is 12.9. The third-order valence-corrected chi connectivity index (χ3v) is 5.53. The molecule has 1 aliphatic carbocycles. The van der Waals surface area contributed by atoms with Crippen LogP contribution in [-0.4, -0.2) is 22.0 Å². The van der Waals surface area contributed by atoms with Gasteiger partial charge in [0.2, 0.25) is 0 Å². The first-order valence-electron chi connectivity index (χ1n) is 10.4. The topological polar surface area (TPSA) is 99.7 Å². The second-order valence-corrected chi connectivity index (χ2v) is 7.93. The zero-order chi connectivity index (χ0) is 21.1. The molecule has 0 amide bonds. The van der Waals surface area contributed by atoms with Crippen LogP contribution in [0, 0.1) is 34.6 Å². The molecule has 0 spiro atoms. The number of aryl methyl sites for hydroxylation is 1. The predicted molar refractivity (Wildman–Crippen MR) is 147 cm³/mol. The van der Waals surface area contributed by atoms with Crippen LogP contribution in [0.1, 0.15) is 69.6 Å². The van der Waals surface area contributed by atoms with Crippen molar-refractivity contribution in [2.45, 2.75) is 72.8 Å². The van der Waals surface area contributed by atoms with Gasteiger partial charge in [0.15, 0.2) is 0 Å². The Morgan fingerprint density at radius 3 is 2.12 bits per heavy atom. The minimum atomic E-state index is 0.